The Morgan fingerprint density at radius 2 is 2.10 bits per heavy atom. The summed E-state index contributed by atoms with van der Waals surface area (Å²) in [6.07, 6.45) is 2.71. The number of amides is 1. The summed E-state index contributed by atoms with van der Waals surface area (Å²) in [6.45, 7) is 0. The van der Waals surface area contributed by atoms with Crippen molar-refractivity contribution in [3.63, 3.8) is 0 Å². The molecule has 1 aliphatic rings. The molecule has 1 amide bonds. The van der Waals surface area contributed by atoms with Crippen LogP contribution in [0.3, 0.4) is 0 Å². The fourth-order valence-corrected chi connectivity index (χ4v) is 2.19. The van der Waals surface area contributed by atoms with Gasteiger partial charge in [-0.3, -0.25) is 14.9 Å². The molecule has 0 atom stereocenters. The molecule has 7 heteroatoms. The lowest BCUT2D eigenvalue weighted by molar-refractivity contribution is -0.115. The van der Waals surface area contributed by atoms with Crippen LogP contribution >= 0.6 is 12.2 Å². The highest BCUT2D eigenvalue weighted by Gasteiger charge is 2.20. The van der Waals surface area contributed by atoms with E-state index in [0.717, 1.165) is 0 Å². The molecule has 1 aromatic heterocycles. The molecule has 2 N–H and O–H groups in total. The van der Waals surface area contributed by atoms with Crippen molar-refractivity contribution >= 4 is 40.3 Å². The van der Waals surface area contributed by atoms with Gasteiger partial charge < -0.3 is 14.5 Å². The number of hydrogen-bond donors (Lipinski definition) is 2. The van der Waals surface area contributed by atoms with Crippen molar-refractivity contribution in [2.24, 2.45) is 0 Å². The van der Waals surface area contributed by atoms with Crippen LogP contribution in [0.1, 0.15) is 5.56 Å². The van der Waals surface area contributed by atoms with Gasteiger partial charge in [0, 0.05) is 0 Å². The molecule has 2 aromatic rings. The summed E-state index contributed by atoms with van der Waals surface area (Å²) in [6, 6.07) is 4.95. The topological polar surface area (TPSA) is 80.6 Å². The zero-order valence-electron chi connectivity index (χ0n) is 10.9. The van der Waals surface area contributed by atoms with Gasteiger partial charge in [0.15, 0.2) is 10.5 Å². The Balaban J connectivity index is 2.14. The molecule has 0 aliphatic carbocycles. The normalized spacial score (nSPS) is 16.1. The van der Waals surface area contributed by atoms with Gasteiger partial charge in [-0.2, -0.15) is 0 Å². The highest BCUT2D eigenvalue weighted by molar-refractivity contribution is 7.80. The van der Waals surface area contributed by atoms with Crippen LogP contribution in [0, 0.1) is 0 Å². The lowest BCUT2D eigenvalue weighted by Gasteiger charge is -2.02. The van der Waals surface area contributed by atoms with Gasteiger partial charge in [-0.15, -0.1) is 0 Å². The molecule has 0 saturated carbocycles. The van der Waals surface area contributed by atoms with Gasteiger partial charge in [0.25, 0.3) is 5.91 Å². The zero-order chi connectivity index (χ0) is 15.0. The summed E-state index contributed by atoms with van der Waals surface area (Å²) in [5.41, 5.74) is 0.644. The maximum atomic E-state index is 12.4. The summed E-state index contributed by atoms with van der Waals surface area (Å²) in [5, 5.41) is 5.68. The van der Waals surface area contributed by atoms with Gasteiger partial charge in [-0.05, 0) is 36.5 Å². The number of hydrogen-bond acceptors (Lipinski definition) is 5. The summed E-state index contributed by atoms with van der Waals surface area (Å²) in [5.74, 6) is 0.169. The largest absolute Gasteiger partial charge is 0.497 e. The molecule has 1 aromatic carbocycles. The molecule has 106 valence electrons. The number of nitrogens with one attached hydrogen (secondary N) is 2. The van der Waals surface area contributed by atoms with E-state index in [-0.39, 0.29) is 27.7 Å². The second-order valence-electron chi connectivity index (χ2n) is 4.35. The summed E-state index contributed by atoms with van der Waals surface area (Å²) in [7, 11) is 1.52. The van der Waals surface area contributed by atoms with E-state index in [2.05, 4.69) is 10.6 Å². The van der Waals surface area contributed by atoms with Crippen molar-refractivity contribution in [2.75, 3.05) is 7.11 Å². The standard InChI is InChI=1S/C14H10N2O4S/c1-19-8-2-3-11-9(5-8)12(17)7(6-20-11)4-10-13(18)16-14(21)15-10/h2-6H,1H3,(H2,15,16,18,21)/b10-4-. The Morgan fingerprint density at radius 3 is 2.76 bits per heavy atom. The fourth-order valence-electron chi connectivity index (χ4n) is 1.99. The molecular weight excluding hydrogens is 292 g/mol. The van der Waals surface area contributed by atoms with Gasteiger partial charge in [-0.1, -0.05) is 0 Å². The van der Waals surface area contributed by atoms with Gasteiger partial charge in [0.05, 0.1) is 18.1 Å². The van der Waals surface area contributed by atoms with Gasteiger partial charge in [-0.25, -0.2) is 0 Å². The van der Waals surface area contributed by atoms with E-state index in [4.69, 9.17) is 21.4 Å². The second kappa shape index (κ2) is 5.02. The second-order valence-corrected chi connectivity index (χ2v) is 4.76. The molecular formula is C14H10N2O4S. The van der Waals surface area contributed by atoms with Gasteiger partial charge in [0.1, 0.15) is 23.3 Å². The number of benzene rings is 1. The van der Waals surface area contributed by atoms with Gasteiger partial charge in [0.2, 0.25) is 0 Å². The summed E-state index contributed by atoms with van der Waals surface area (Å²) >= 11 is 4.83. The predicted molar refractivity (Wildman–Crippen MR) is 80.9 cm³/mol. The molecule has 21 heavy (non-hydrogen) atoms. The third kappa shape index (κ3) is 2.38. The minimum atomic E-state index is -0.384. The quantitative estimate of drug-likeness (QED) is 0.640. The minimum absolute atomic E-state index is 0.203. The van der Waals surface area contributed by atoms with Crippen LogP contribution in [0.5, 0.6) is 5.75 Å². The first-order chi connectivity index (χ1) is 10.1. The average Bonchev–Trinajstić information content (AvgIpc) is 2.79. The number of carbonyl (C=O) groups is 1. The lowest BCUT2D eigenvalue weighted by Crippen LogP contribution is -2.21. The van der Waals surface area contributed by atoms with E-state index in [1.807, 2.05) is 0 Å². The smallest absolute Gasteiger partial charge is 0.273 e. The number of ether oxygens (including phenoxy) is 1. The molecule has 0 bridgehead atoms. The Bertz CT molecular complexity index is 854. The molecule has 2 heterocycles. The van der Waals surface area contributed by atoms with Crippen LogP contribution in [-0.4, -0.2) is 18.1 Å². The monoisotopic (exact) mass is 302 g/mol. The van der Waals surface area contributed by atoms with Crippen LogP contribution < -0.4 is 20.8 Å². The molecule has 6 nitrogen and oxygen atoms in total. The maximum absolute atomic E-state index is 12.4. The fraction of sp³-hybridized carbons (Fsp3) is 0.0714. The molecule has 3 rings (SSSR count). The molecule has 0 spiro atoms. The van der Waals surface area contributed by atoms with E-state index >= 15 is 0 Å². The molecule has 1 fully saturated rings. The SMILES string of the molecule is COc1ccc2occ(/C=C3\NC(=S)NC3=O)c(=O)c2c1. The first-order valence-electron chi connectivity index (χ1n) is 6.02. The van der Waals surface area contributed by atoms with E-state index < -0.39 is 0 Å². The predicted octanol–water partition coefficient (Wildman–Crippen LogP) is 1.15. The highest BCUT2D eigenvalue weighted by Crippen LogP contribution is 2.19. The Labute approximate surface area is 124 Å². The summed E-state index contributed by atoms with van der Waals surface area (Å²) < 4.78 is 10.5. The zero-order valence-corrected chi connectivity index (χ0v) is 11.7. The van der Waals surface area contributed by atoms with Crippen molar-refractivity contribution in [2.45, 2.75) is 0 Å². The van der Waals surface area contributed by atoms with Crippen molar-refractivity contribution < 1.29 is 13.9 Å². The average molecular weight is 302 g/mol. The molecule has 1 saturated heterocycles. The van der Waals surface area contributed by atoms with E-state index in [0.29, 0.717) is 16.7 Å². The minimum Gasteiger partial charge on any atom is -0.497 e. The Morgan fingerprint density at radius 1 is 1.29 bits per heavy atom. The van der Waals surface area contributed by atoms with Crippen LogP contribution in [0.2, 0.25) is 0 Å². The Kier molecular flexibility index (Phi) is 3.19. The lowest BCUT2D eigenvalue weighted by atomic mass is 10.1. The van der Waals surface area contributed by atoms with Crippen molar-refractivity contribution in [1.82, 2.24) is 10.6 Å². The first kappa shape index (κ1) is 13.3. The number of thiocarbonyl (C=S) groups is 1. The molecule has 0 unspecified atom stereocenters. The van der Waals surface area contributed by atoms with Crippen LogP contribution in [0.15, 0.2) is 39.4 Å². The number of methoxy groups -OCH3 is 1. The van der Waals surface area contributed by atoms with Crippen molar-refractivity contribution in [3.8, 4) is 5.75 Å². The summed E-state index contributed by atoms with van der Waals surface area (Å²) in [4.78, 5) is 24.0. The van der Waals surface area contributed by atoms with Crippen molar-refractivity contribution in [3.05, 3.63) is 45.9 Å². The molecule has 0 radical (unpaired) electrons. The van der Waals surface area contributed by atoms with E-state index in [9.17, 15) is 9.59 Å². The molecule has 1 aliphatic heterocycles. The van der Waals surface area contributed by atoms with Gasteiger partial charge >= 0.3 is 0 Å². The van der Waals surface area contributed by atoms with E-state index in [1.54, 1.807) is 18.2 Å². The Hall–Kier alpha value is -2.67. The first-order valence-corrected chi connectivity index (χ1v) is 6.43. The number of fused-ring (bicyclic) bond motifs is 1. The van der Waals surface area contributed by atoms with Crippen LogP contribution in [-0.2, 0) is 4.79 Å². The van der Waals surface area contributed by atoms with Crippen molar-refractivity contribution in [1.29, 1.82) is 0 Å². The van der Waals surface area contributed by atoms with Crippen LogP contribution in [0.4, 0.5) is 0 Å². The number of carbonyl (C=O) groups excluding carboxylic acids is 1. The number of rotatable bonds is 2. The highest BCUT2D eigenvalue weighted by atomic mass is 32.1. The van der Waals surface area contributed by atoms with Crippen LogP contribution in [0.25, 0.3) is 17.0 Å². The third-order valence-corrected chi connectivity index (χ3v) is 3.23. The maximum Gasteiger partial charge on any atom is 0.273 e. The third-order valence-electron chi connectivity index (χ3n) is 3.03. The van der Waals surface area contributed by atoms with E-state index in [1.165, 1.54) is 19.4 Å².